The van der Waals surface area contributed by atoms with Crippen molar-refractivity contribution in [2.24, 2.45) is 5.92 Å². The van der Waals surface area contributed by atoms with Gasteiger partial charge < -0.3 is 5.11 Å². The molecule has 0 aromatic carbocycles. The summed E-state index contributed by atoms with van der Waals surface area (Å²) < 4.78 is 24.4. The Kier molecular flexibility index (Phi) is 9.76. The van der Waals surface area contributed by atoms with Crippen LogP contribution >= 0.6 is 0 Å². The number of nitrogens with one attached hydrogen (secondary N) is 1. The van der Waals surface area contributed by atoms with Crippen molar-refractivity contribution in [2.45, 2.75) is 46.1 Å². The standard InChI is InChI=1S/C13H28N2O5S/c1-5-9-15(13(17)11(2)3)20-12(7-10-16)6-8-14-21(4,18)19/h11-12,14,16H,5-10H2,1-4H3. The van der Waals surface area contributed by atoms with Crippen molar-refractivity contribution in [1.29, 1.82) is 0 Å². The Bertz CT molecular complexity index is 397. The zero-order chi connectivity index (χ0) is 16.5. The lowest BCUT2D eigenvalue weighted by atomic mass is 10.2. The highest BCUT2D eigenvalue weighted by atomic mass is 32.2. The highest BCUT2D eigenvalue weighted by Crippen LogP contribution is 2.11. The van der Waals surface area contributed by atoms with E-state index in [1.807, 2.05) is 6.92 Å². The van der Waals surface area contributed by atoms with Crippen LogP contribution in [0.2, 0.25) is 0 Å². The second-order valence-electron chi connectivity index (χ2n) is 5.29. The summed E-state index contributed by atoms with van der Waals surface area (Å²) in [4.78, 5) is 17.7. The Morgan fingerprint density at radius 3 is 2.38 bits per heavy atom. The molecule has 0 saturated heterocycles. The molecule has 0 aromatic rings. The van der Waals surface area contributed by atoms with E-state index in [2.05, 4.69) is 4.72 Å². The number of carbonyl (C=O) groups excluding carboxylic acids is 1. The lowest BCUT2D eigenvalue weighted by Gasteiger charge is -2.28. The van der Waals surface area contributed by atoms with Crippen LogP contribution in [0.25, 0.3) is 0 Å². The summed E-state index contributed by atoms with van der Waals surface area (Å²) in [6, 6.07) is 0. The first kappa shape index (κ1) is 20.3. The van der Waals surface area contributed by atoms with Gasteiger partial charge in [-0.1, -0.05) is 20.8 Å². The zero-order valence-electron chi connectivity index (χ0n) is 13.3. The fraction of sp³-hybridized carbons (Fsp3) is 0.923. The molecule has 1 unspecified atom stereocenters. The molecule has 0 aliphatic heterocycles. The maximum atomic E-state index is 12.0. The second-order valence-corrected chi connectivity index (χ2v) is 7.12. The van der Waals surface area contributed by atoms with Crippen LogP contribution in [0, 0.1) is 5.92 Å². The van der Waals surface area contributed by atoms with Crippen LogP contribution in [-0.2, 0) is 19.7 Å². The third kappa shape index (κ3) is 9.78. The number of sulfonamides is 1. The van der Waals surface area contributed by atoms with Gasteiger partial charge in [-0.15, -0.1) is 0 Å². The molecular weight excluding hydrogens is 296 g/mol. The lowest BCUT2D eigenvalue weighted by Crippen LogP contribution is -2.39. The molecule has 0 saturated carbocycles. The van der Waals surface area contributed by atoms with Gasteiger partial charge in [0.05, 0.1) is 12.4 Å². The zero-order valence-corrected chi connectivity index (χ0v) is 14.1. The molecule has 126 valence electrons. The molecule has 1 atom stereocenters. The normalized spacial score (nSPS) is 13.4. The van der Waals surface area contributed by atoms with Gasteiger partial charge in [0.2, 0.25) is 15.9 Å². The molecule has 0 heterocycles. The van der Waals surface area contributed by atoms with E-state index in [1.54, 1.807) is 13.8 Å². The van der Waals surface area contributed by atoms with Crippen LogP contribution in [0.3, 0.4) is 0 Å². The number of carbonyl (C=O) groups is 1. The Labute approximate surface area is 127 Å². The van der Waals surface area contributed by atoms with Gasteiger partial charge in [0.15, 0.2) is 0 Å². The van der Waals surface area contributed by atoms with Gasteiger partial charge in [0.25, 0.3) is 0 Å². The minimum absolute atomic E-state index is 0.0840. The van der Waals surface area contributed by atoms with Gasteiger partial charge in [-0.3, -0.25) is 9.63 Å². The Balaban J connectivity index is 4.58. The molecule has 0 aliphatic rings. The van der Waals surface area contributed by atoms with Gasteiger partial charge in [0.1, 0.15) is 0 Å². The van der Waals surface area contributed by atoms with Crippen LogP contribution in [0.4, 0.5) is 0 Å². The van der Waals surface area contributed by atoms with Gasteiger partial charge in [-0.05, 0) is 19.3 Å². The lowest BCUT2D eigenvalue weighted by molar-refractivity contribution is -0.212. The minimum Gasteiger partial charge on any atom is -0.396 e. The molecule has 0 bridgehead atoms. The van der Waals surface area contributed by atoms with Crippen molar-refractivity contribution in [3.8, 4) is 0 Å². The Hall–Kier alpha value is -0.700. The molecule has 0 rings (SSSR count). The summed E-state index contributed by atoms with van der Waals surface area (Å²) in [5.41, 5.74) is 0. The predicted octanol–water partition coefficient (Wildman–Crippen LogP) is 0.503. The average Bonchev–Trinajstić information content (AvgIpc) is 2.35. The smallest absolute Gasteiger partial charge is 0.248 e. The third-order valence-corrected chi connectivity index (χ3v) is 3.45. The Morgan fingerprint density at radius 2 is 1.95 bits per heavy atom. The van der Waals surface area contributed by atoms with Crippen LogP contribution < -0.4 is 4.72 Å². The number of amides is 1. The summed E-state index contributed by atoms with van der Waals surface area (Å²) >= 11 is 0. The number of nitrogens with zero attached hydrogens (tertiary/aromatic N) is 1. The van der Waals surface area contributed by atoms with E-state index < -0.39 is 16.1 Å². The topological polar surface area (TPSA) is 95.9 Å². The van der Waals surface area contributed by atoms with E-state index in [0.29, 0.717) is 19.4 Å². The number of hydrogen-bond donors (Lipinski definition) is 2. The van der Waals surface area contributed by atoms with E-state index in [4.69, 9.17) is 9.94 Å². The fourth-order valence-electron chi connectivity index (χ4n) is 1.68. The van der Waals surface area contributed by atoms with Crippen molar-refractivity contribution in [3.63, 3.8) is 0 Å². The molecule has 1 amide bonds. The molecule has 8 heteroatoms. The van der Waals surface area contributed by atoms with Gasteiger partial charge >= 0.3 is 0 Å². The highest BCUT2D eigenvalue weighted by molar-refractivity contribution is 7.88. The largest absolute Gasteiger partial charge is 0.396 e. The maximum Gasteiger partial charge on any atom is 0.248 e. The van der Waals surface area contributed by atoms with Gasteiger partial charge in [0, 0.05) is 25.6 Å². The van der Waals surface area contributed by atoms with Gasteiger partial charge in [-0.2, -0.15) is 0 Å². The maximum absolute atomic E-state index is 12.0. The summed E-state index contributed by atoms with van der Waals surface area (Å²) in [7, 11) is -3.25. The van der Waals surface area contributed by atoms with Crippen molar-refractivity contribution in [1.82, 2.24) is 9.79 Å². The molecule has 2 N–H and O–H groups in total. The van der Waals surface area contributed by atoms with Crippen molar-refractivity contribution in [2.75, 3.05) is 26.0 Å². The number of hydrogen-bond acceptors (Lipinski definition) is 5. The first-order valence-electron chi connectivity index (χ1n) is 7.24. The first-order chi connectivity index (χ1) is 9.71. The summed E-state index contributed by atoms with van der Waals surface area (Å²) in [6.07, 6.45) is 2.17. The predicted molar refractivity (Wildman–Crippen MR) is 80.9 cm³/mol. The van der Waals surface area contributed by atoms with E-state index in [9.17, 15) is 13.2 Å². The van der Waals surface area contributed by atoms with E-state index in [-0.39, 0.29) is 25.0 Å². The van der Waals surface area contributed by atoms with Crippen molar-refractivity contribution < 1.29 is 23.2 Å². The van der Waals surface area contributed by atoms with E-state index in [1.165, 1.54) is 5.06 Å². The monoisotopic (exact) mass is 324 g/mol. The summed E-state index contributed by atoms with van der Waals surface area (Å²) in [5, 5.41) is 10.4. The number of hydroxylamine groups is 2. The van der Waals surface area contributed by atoms with Crippen molar-refractivity contribution in [3.05, 3.63) is 0 Å². The van der Waals surface area contributed by atoms with E-state index >= 15 is 0 Å². The number of aliphatic hydroxyl groups excluding tert-OH is 1. The average molecular weight is 324 g/mol. The fourth-order valence-corrected chi connectivity index (χ4v) is 2.17. The van der Waals surface area contributed by atoms with Crippen molar-refractivity contribution >= 4 is 15.9 Å². The third-order valence-electron chi connectivity index (χ3n) is 2.72. The quantitative estimate of drug-likeness (QED) is 0.540. The highest BCUT2D eigenvalue weighted by Gasteiger charge is 2.21. The molecular formula is C13H28N2O5S. The second kappa shape index (κ2) is 10.1. The van der Waals surface area contributed by atoms with Crippen LogP contribution in [0.1, 0.15) is 40.0 Å². The molecule has 0 radical (unpaired) electrons. The molecule has 0 aliphatic carbocycles. The molecule has 0 fully saturated rings. The molecule has 21 heavy (non-hydrogen) atoms. The van der Waals surface area contributed by atoms with Crippen LogP contribution in [-0.4, -0.2) is 56.6 Å². The van der Waals surface area contributed by atoms with Gasteiger partial charge in [-0.25, -0.2) is 18.2 Å². The molecule has 0 spiro atoms. The SMILES string of the molecule is CCCN(OC(CCO)CCNS(C)(=O)=O)C(=O)C(C)C. The van der Waals surface area contributed by atoms with Crippen LogP contribution in [0.5, 0.6) is 0 Å². The molecule has 0 aromatic heterocycles. The number of rotatable bonds is 11. The minimum atomic E-state index is -3.25. The summed E-state index contributed by atoms with van der Waals surface area (Å²) in [5.74, 6) is -0.295. The summed E-state index contributed by atoms with van der Waals surface area (Å²) in [6.45, 7) is 6.12. The molecule has 7 nitrogen and oxygen atoms in total. The Morgan fingerprint density at radius 1 is 1.33 bits per heavy atom. The van der Waals surface area contributed by atoms with Crippen LogP contribution in [0.15, 0.2) is 0 Å². The number of aliphatic hydroxyl groups is 1. The first-order valence-corrected chi connectivity index (χ1v) is 9.14. The van der Waals surface area contributed by atoms with E-state index in [0.717, 1.165) is 12.7 Å².